The molecule has 3 aromatic rings. The number of benzene rings is 1. The van der Waals surface area contributed by atoms with Gasteiger partial charge in [0.05, 0.1) is 5.56 Å². The van der Waals surface area contributed by atoms with E-state index >= 15 is 0 Å². The van der Waals surface area contributed by atoms with Crippen LogP contribution in [-0.2, 0) is 6.54 Å². The number of nitrogens with zero attached hydrogens (tertiary/aromatic N) is 4. The fraction of sp³-hybridized carbons (Fsp3) is 0.263. The third kappa shape index (κ3) is 3.50. The molecule has 3 heterocycles. The Hall–Kier alpha value is -2.44. The average Bonchev–Trinajstić information content (AvgIpc) is 3.05. The molecule has 2 N–H and O–H groups in total. The third-order valence-corrected chi connectivity index (χ3v) is 5.48. The number of aromatic nitrogens is 2. The lowest BCUT2D eigenvalue weighted by molar-refractivity contribution is 0.250. The zero-order valence-electron chi connectivity index (χ0n) is 14.0. The van der Waals surface area contributed by atoms with E-state index in [1.165, 1.54) is 17.1 Å². The molecule has 0 saturated carbocycles. The van der Waals surface area contributed by atoms with Gasteiger partial charge in [-0.2, -0.15) is 4.37 Å². The molecule has 0 unspecified atom stereocenters. The molecule has 1 aliphatic rings. The molecule has 25 heavy (non-hydrogen) atoms. The van der Waals surface area contributed by atoms with Gasteiger partial charge in [-0.05, 0) is 23.2 Å². The summed E-state index contributed by atoms with van der Waals surface area (Å²) in [5, 5.41) is 1.16. The maximum atomic E-state index is 6.14. The molecule has 128 valence electrons. The largest absolute Gasteiger partial charge is 0.382 e. The fourth-order valence-electron chi connectivity index (χ4n) is 3.24. The highest BCUT2D eigenvalue weighted by Gasteiger charge is 2.23. The van der Waals surface area contributed by atoms with Gasteiger partial charge in [-0.25, -0.2) is 0 Å². The molecular weight excluding hydrogens is 330 g/mol. The SMILES string of the molecule is Nc1nsc(N2CCN(Cc3ccccc3)CC2)c1-c1cccnc1. The van der Waals surface area contributed by atoms with E-state index in [1.54, 1.807) is 6.20 Å². The van der Waals surface area contributed by atoms with Gasteiger partial charge in [-0.15, -0.1) is 0 Å². The Bertz CT molecular complexity index is 810. The Kier molecular flexibility index (Phi) is 4.63. The predicted molar refractivity (Wildman–Crippen MR) is 104 cm³/mol. The van der Waals surface area contributed by atoms with E-state index < -0.39 is 0 Å². The molecule has 2 aromatic heterocycles. The van der Waals surface area contributed by atoms with Crippen molar-refractivity contribution in [2.45, 2.75) is 6.54 Å². The monoisotopic (exact) mass is 351 g/mol. The summed E-state index contributed by atoms with van der Waals surface area (Å²) in [7, 11) is 0. The first kappa shape index (κ1) is 16.1. The van der Waals surface area contributed by atoms with Crippen molar-refractivity contribution in [2.24, 2.45) is 0 Å². The van der Waals surface area contributed by atoms with Gasteiger partial charge in [0.25, 0.3) is 0 Å². The molecule has 1 aromatic carbocycles. The molecule has 0 radical (unpaired) electrons. The predicted octanol–water partition coefficient (Wildman–Crippen LogP) is 3.11. The first-order valence-electron chi connectivity index (χ1n) is 8.48. The van der Waals surface area contributed by atoms with Crippen LogP contribution in [0.15, 0.2) is 54.9 Å². The van der Waals surface area contributed by atoms with E-state index in [1.807, 2.05) is 18.3 Å². The smallest absolute Gasteiger partial charge is 0.147 e. The van der Waals surface area contributed by atoms with E-state index in [0.29, 0.717) is 5.82 Å². The van der Waals surface area contributed by atoms with Crippen molar-refractivity contribution in [2.75, 3.05) is 36.8 Å². The Morgan fingerprint density at radius 2 is 1.80 bits per heavy atom. The highest BCUT2D eigenvalue weighted by molar-refractivity contribution is 7.11. The molecule has 1 saturated heterocycles. The van der Waals surface area contributed by atoms with E-state index in [0.717, 1.165) is 48.9 Å². The quantitative estimate of drug-likeness (QED) is 0.783. The van der Waals surface area contributed by atoms with E-state index in [4.69, 9.17) is 5.73 Å². The van der Waals surface area contributed by atoms with Gasteiger partial charge in [0.1, 0.15) is 10.8 Å². The summed E-state index contributed by atoms with van der Waals surface area (Å²) in [5.41, 5.74) is 9.57. The van der Waals surface area contributed by atoms with Gasteiger partial charge in [0.15, 0.2) is 0 Å². The standard InChI is InChI=1S/C19H21N5S/c20-18-17(16-7-4-8-21-13-16)19(25-22-18)24-11-9-23(10-12-24)14-15-5-2-1-3-6-15/h1-8,13H,9-12,14H2,(H2,20,22). The van der Waals surface area contributed by atoms with Crippen molar-refractivity contribution in [3.8, 4) is 11.1 Å². The van der Waals surface area contributed by atoms with Crippen molar-refractivity contribution in [3.63, 3.8) is 0 Å². The lowest BCUT2D eigenvalue weighted by Crippen LogP contribution is -2.45. The summed E-state index contributed by atoms with van der Waals surface area (Å²) in [6, 6.07) is 14.6. The van der Waals surface area contributed by atoms with Crippen LogP contribution in [0.3, 0.4) is 0 Å². The summed E-state index contributed by atoms with van der Waals surface area (Å²) >= 11 is 1.49. The van der Waals surface area contributed by atoms with E-state index in [-0.39, 0.29) is 0 Å². The van der Waals surface area contributed by atoms with Gasteiger partial charge in [0.2, 0.25) is 0 Å². The van der Waals surface area contributed by atoms with Gasteiger partial charge in [-0.1, -0.05) is 36.4 Å². The lowest BCUT2D eigenvalue weighted by Gasteiger charge is -2.35. The summed E-state index contributed by atoms with van der Waals surface area (Å²) in [4.78, 5) is 9.12. The topological polar surface area (TPSA) is 58.3 Å². The molecule has 0 atom stereocenters. The highest BCUT2D eigenvalue weighted by Crippen LogP contribution is 2.39. The van der Waals surface area contributed by atoms with Crippen LogP contribution in [0.25, 0.3) is 11.1 Å². The zero-order valence-corrected chi connectivity index (χ0v) is 14.8. The Morgan fingerprint density at radius 3 is 2.52 bits per heavy atom. The van der Waals surface area contributed by atoms with Crippen LogP contribution in [0.2, 0.25) is 0 Å². The number of pyridine rings is 1. The summed E-state index contributed by atoms with van der Waals surface area (Å²) in [6.45, 7) is 5.07. The van der Waals surface area contributed by atoms with Gasteiger partial charge in [-0.3, -0.25) is 9.88 Å². The van der Waals surface area contributed by atoms with E-state index in [2.05, 4.69) is 49.5 Å². The summed E-state index contributed by atoms with van der Waals surface area (Å²) in [5.74, 6) is 0.597. The number of anilines is 2. The minimum Gasteiger partial charge on any atom is -0.382 e. The fourth-order valence-corrected chi connectivity index (χ4v) is 4.13. The number of rotatable bonds is 4. The molecule has 0 aliphatic carbocycles. The Balaban J connectivity index is 1.47. The number of hydrogen-bond donors (Lipinski definition) is 1. The molecule has 1 fully saturated rings. The second kappa shape index (κ2) is 7.21. The van der Waals surface area contributed by atoms with Crippen molar-refractivity contribution < 1.29 is 0 Å². The van der Waals surface area contributed by atoms with Crippen LogP contribution in [0.4, 0.5) is 10.8 Å². The van der Waals surface area contributed by atoms with Crippen LogP contribution in [0.1, 0.15) is 5.56 Å². The Morgan fingerprint density at radius 1 is 1.00 bits per heavy atom. The van der Waals surface area contributed by atoms with Gasteiger partial charge < -0.3 is 10.6 Å². The number of nitrogens with two attached hydrogens (primary N) is 1. The zero-order chi connectivity index (χ0) is 17.1. The molecule has 1 aliphatic heterocycles. The van der Waals surface area contributed by atoms with Crippen LogP contribution in [0.5, 0.6) is 0 Å². The first-order valence-corrected chi connectivity index (χ1v) is 9.25. The second-order valence-corrected chi connectivity index (χ2v) is 6.99. The average molecular weight is 351 g/mol. The number of nitrogen functional groups attached to an aromatic ring is 1. The third-order valence-electron chi connectivity index (χ3n) is 4.56. The van der Waals surface area contributed by atoms with Crippen molar-refractivity contribution in [1.82, 2.24) is 14.3 Å². The van der Waals surface area contributed by atoms with E-state index in [9.17, 15) is 0 Å². The minimum atomic E-state index is 0.597. The second-order valence-electron chi connectivity index (χ2n) is 6.24. The molecular formula is C19H21N5S. The Labute approximate surface area is 151 Å². The van der Waals surface area contributed by atoms with Crippen LogP contribution in [-0.4, -0.2) is 40.4 Å². The summed E-state index contributed by atoms with van der Waals surface area (Å²) < 4.78 is 4.39. The maximum absolute atomic E-state index is 6.14. The highest BCUT2D eigenvalue weighted by atomic mass is 32.1. The lowest BCUT2D eigenvalue weighted by atomic mass is 10.1. The van der Waals surface area contributed by atoms with Gasteiger partial charge >= 0.3 is 0 Å². The molecule has 0 bridgehead atoms. The van der Waals surface area contributed by atoms with Crippen LogP contribution >= 0.6 is 11.5 Å². The van der Waals surface area contributed by atoms with Crippen molar-refractivity contribution in [1.29, 1.82) is 0 Å². The van der Waals surface area contributed by atoms with Crippen molar-refractivity contribution >= 4 is 22.4 Å². The number of hydrogen-bond acceptors (Lipinski definition) is 6. The number of piperazine rings is 1. The molecule has 4 rings (SSSR count). The molecule has 0 spiro atoms. The van der Waals surface area contributed by atoms with Crippen LogP contribution in [0, 0.1) is 0 Å². The molecule has 5 nitrogen and oxygen atoms in total. The normalized spacial score (nSPS) is 15.4. The van der Waals surface area contributed by atoms with Gasteiger partial charge in [0, 0.05) is 50.7 Å². The van der Waals surface area contributed by atoms with Crippen LogP contribution < -0.4 is 10.6 Å². The summed E-state index contributed by atoms with van der Waals surface area (Å²) in [6.07, 6.45) is 3.64. The molecule has 0 amide bonds. The maximum Gasteiger partial charge on any atom is 0.147 e. The first-order chi connectivity index (χ1) is 12.3. The molecule has 6 heteroatoms. The van der Waals surface area contributed by atoms with Crippen molar-refractivity contribution in [3.05, 3.63) is 60.4 Å². The minimum absolute atomic E-state index is 0.597.